The summed E-state index contributed by atoms with van der Waals surface area (Å²) < 4.78 is 48.5. The molecule has 2 aromatic heterocycles. The van der Waals surface area contributed by atoms with Gasteiger partial charge >= 0.3 is 0 Å². The van der Waals surface area contributed by atoms with Crippen LogP contribution in [0.1, 0.15) is 24.4 Å². The quantitative estimate of drug-likeness (QED) is 0.147. The van der Waals surface area contributed by atoms with Crippen LogP contribution in [-0.2, 0) is 28.2 Å². The second kappa shape index (κ2) is 13.5. The lowest BCUT2D eigenvalue weighted by Gasteiger charge is -2.12. The monoisotopic (exact) mass is 668 g/mol. The molecule has 5 aromatic rings. The standard InChI is InChI=1S/C30H26BrFN4O4S2/c1-18(2)28(42(37)38)14-39-15-29-36-26(16-41-29)20-6-8-25-23(11-20)30(34-17-33-25)35-22-7-9-27(24(31)12-22)40-13-19-4-3-5-21(32)10-19/h3-12,16-18H,13-15H2,1-2H3,(H,33,34,35). The zero-order chi connectivity index (χ0) is 29.6. The molecule has 0 aliphatic carbocycles. The number of aromatic nitrogens is 3. The van der Waals surface area contributed by atoms with E-state index in [1.165, 1.54) is 29.8 Å². The van der Waals surface area contributed by atoms with Crippen molar-refractivity contribution in [2.75, 3.05) is 11.9 Å². The topological polar surface area (TPSA) is 103 Å². The highest BCUT2D eigenvalue weighted by Crippen LogP contribution is 2.33. The molecule has 0 fully saturated rings. The molecule has 3 aromatic carbocycles. The fourth-order valence-electron chi connectivity index (χ4n) is 4.09. The molecular formula is C30H26BrFN4O4S2. The zero-order valence-electron chi connectivity index (χ0n) is 22.7. The molecule has 0 spiro atoms. The molecule has 0 bridgehead atoms. The SMILES string of the molecule is CC(C)C(COCc1nc(-c2ccc3ncnc(Nc4ccc(OCc5cccc(F)c5)c(Br)c4)c3c2)cs1)=S(=O)=O. The van der Waals surface area contributed by atoms with Gasteiger partial charge in [-0.3, -0.25) is 0 Å². The number of hydrogen-bond donors (Lipinski definition) is 1. The van der Waals surface area contributed by atoms with E-state index in [2.05, 4.69) is 36.2 Å². The van der Waals surface area contributed by atoms with Crippen LogP contribution < -0.4 is 10.1 Å². The van der Waals surface area contributed by atoms with Crippen molar-refractivity contribution in [1.82, 2.24) is 15.0 Å². The molecule has 0 saturated carbocycles. The van der Waals surface area contributed by atoms with Gasteiger partial charge in [0.1, 0.15) is 35.3 Å². The highest BCUT2D eigenvalue weighted by atomic mass is 79.9. The Kier molecular flexibility index (Phi) is 9.58. The van der Waals surface area contributed by atoms with Crippen LogP contribution in [0.2, 0.25) is 0 Å². The van der Waals surface area contributed by atoms with Crippen LogP contribution in [0.3, 0.4) is 0 Å². The maximum atomic E-state index is 13.5. The molecular weight excluding hydrogens is 643 g/mol. The summed E-state index contributed by atoms with van der Waals surface area (Å²) in [5.74, 6) is 0.841. The van der Waals surface area contributed by atoms with E-state index >= 15 is 0 Å². The lowest BCUT2D eigenvalue weighted by Crippen LogP contribution is -2.16. The smallest absolute Gasteiger partial charge is 0.215 e. The number of halogens is 2. The first-order valence-corrected chi connectivity index (χ1v) is 15.7. The number of fused-ring (bicyclic) bond motifs is 1. The lowest BCUT2D eigenvalue weighted by molar-refractivity contribution is 0.157. The molecule has 0 aliphatic rings. The summed E-state index contributed by atoms with van der Waals surface area (Å²) in [6.07, 6.45) is 1.51. The minimum Gasteiger partial charge on any atom is -0.488 e. The van der Waals surface area contributed by atoms with E-state index in [-0.39, 0.29) is 31.6 Å². The van der Waals surface area contributed by atoms with Crippen molar-refractivity contribution >= 4 is 64.8 Å². The molecule has 5 rings (SSSR count). The third kappa shape index (κ3) is 7.37. The minimum absolute atomic E-state index is 0.0429. The molecule has 2 heterocycles. The first kappa shape index (κ1) is 29.8. The second-order valence-corrected chi connectivity index (χ2v) is 12.4. The van der Waals surface area contributed by atoms with Crippen LogP contribution in [0.15, 0.2) is 76.8 Å². The fraction of sp³-hybridized carbons (Fsp3) is 0.200. The maximum Gasteiger partial charge on any atom is 0.215 e. The van der Waals surface area contributed by atoms with Gasteiger partial charge in [-0.1, -0.05) is 32.0 Å². The number of hydrogen-bond acceptors (Lipinski definition) is 9. The van der Waals surface area contributed by atoms with Crippen molar-refractivity contribution in [3.05, 3.63) is 93.2 Å². The normalized spacial score (nSPS) is 11.2. The predicted molar refractivity (Wildman–Crippen MR) is 167 cm³/mol. The Morgan fingerprint density at radius 3 is 2.69 bits per heavy atom. The largest absolute Gasteiger partial charge is 0.488 e. The third-order valence-electron chi connectivity index (χ3n) is 6.29. The summed E-state index contributed by atoms with van der Waals surface area (Å²) in [6, 6.07) is 17.7. The number of ether oxygens (including phenoxy) is 2. The van der Waals surface area contributed by atoms with Gasteiger partial charge in [0.2, 0.25) is 10.3 Å². The van der Waals surface area contributed by atoms with Gasteiger partial charge in [0.05, 0.1) is 33.8 Å². The fourth-order valence-corrected chi connectivity index (χ4v) is 5.89. The van der Waals surface area contributed by atoms with Crippen LogP contribution >= 0.6 is 27.3 Å². The maximum absolute atomic E-state index is 13.5. The Balaban J connectivity index is 1.30. The Morgan fingerprint density at radius 2 is 1.93 bits per heavy atom. The minimum atomic E-state index is -2.27. The van der Waals surface area contributed by atoms with Crippen LogP contribution in [0, 0.1) is 11.7 Å². The molecule has 0 unspecified atom stereocenters. The lowest BCUT2D eigenvalue weighted by atomic mass is 10.1. The first-order chi connectivity index (χ1) is 20.3. The highest BCUT2D eigenvalue weighted by Gasteiger charge is 2.12. The summed E-state index contributed by atoms with van der Waals surface area (Å²) in [4.78, 5) is 13.9. The molecule has 0 amide bonds. The second-order valence-electron chi connectivity index (χ2n) is 9.62. The molecule has 0 radical (unpaired) electrons. The number of rotatable bonds is 11. The van der Waals surface area contributed by atoms with Crippen LogP contribution in [-0.4, -0.2) is 34.8 Å². The van der Waals surface area contributed by atoms with Crippen molar-refractivity contribution in [3.63, 3.8) is 0 Å². The van der Waals surface area contributed by atoms with Crippen LogP contribution in [0.4, 0.5) is 15.9 Å². The average Bonchev–Trinajstić information content (AvgIpc) is 3.43. The number of benzene rings is 3. The molecule has 42 heavy (non-hydrogen) atoms. The molecule has 0 saturated heterocycles. The Labute approximate surface area is 256 Å². The number of thiazole rings is 1. The molecule has 1 N–H and O–H groups in total. The van der Waals surface area contributed by atoms with E-state index in [1.807, 2.05) is 61.7 Å². The van der Waals surface area contributed by atoms with Gasteiger partial charge in [0, 0.05) is 22.0 Å². The Hall–Kier alpha value is -3.71. The summed E-state index contributed by atoms with van der Waals surface area (Å²) in [6.45, 7) is 4.15. The average molecular weight is 670 g/mol. The van der Waals surface area contributed by atoms with Crippen molar-refractivity contribution < 1.29 is 22.3 Å². The third-order valence-corrected chi connectivity index (χ3v) is 8.75. The number of anilines is 2. The van der Waals surface area contributed by atoms with Crippen LogP contribution in [0.5, 0.6) is 5.75 Å². The predicted octanol–water partition coefficient (Wildman–Crippen LogP) is 7.20. The molecule has 0 atom stereocenters. The van der Waals surface area contributed by atoms with Crippen molar-refractivity contribution in [2.24, 2.45) is 5.92 Å². The molecule has 8 nitrogen and oxygen atoms in total. The van der Waals surface area contributed by atoms with E-state index in [0.717, 1.165) is 42.9 Å². The van der Waals surface area contributed by atoms with E-state index in [4.69, 9.17) is 9.47 Å². The van der Waals surface area contributed by atoms with E-state index in [9.17, 15) is 12.8 Å². The number of nitrogens with zero attached hydrogens (tertiary/aromatic N) is 3. The highest BCUT2D eigenvalue weighted by molar-refractivity contribution is 9.10. The van der Waals surface area contributed by atoms with Crippen molar-refractivity contribution in [1.29, 1.82) is 0 Å². The van der Waals surface area contributed by atoms with Crippen molar-refractivity contribution in [3.8, 4) is 17.0 Å². The van der Waals surface area contributed by atoms with Gasteiger partial charge in [-0.25, -0.2) is 19.3 Å². The van der Waals surface area contributed by atoms with Gasteiger partial charge in [0.15, 0.2) is 0 Å². The van der Waals surface area contributed by atoms with Crippen molar-refractivity contribution in [2.45, 2.75) is 27.1 Å². The zero-order valence-corrected chi connectivity index (χ0v) is 25.9. The van der Waals surface area contributed by atoms with Crippen LogP contribution in [0.25, 0.3) is 22.2 Å². The molecule has 0 aliphatic heterocycles. The number of nitrogens with one attached hydrogen (secondary N) is 1. The Morgan fingerprint density at radius 1 is 1.07 bits per heavy atom. The summed E-state index contributed by atoms with van der Waals surface area (Å²) in [7, 11) is -2.27. The summed E-state index contributed by atoms with van der Waals surface area (Å²) >= 11 is 5.01. The van der Waals surface area contributed by atoms with Gasteiger partial charge in [-0.15, -0.1) is 11.3 Å². The summed E-state index contributed by atoms with van der Waals surface area (Å²) in [5, 5.41) is 6.86. The first-order valence-electron chi connectivity index (χ1n) is 12.9. The van der Waals surface area contributed by atoms with Gasteiger partial charge in [-0.2, -0.15) is 8.42 Å². The van der Waals surface area contributed by atoms with E-state index < -0.39 is 10.3 Å². The van der Waals surface area contributed by atoms with Gasteiger partial charge in [-0.05, 0) is 69.9 Å². The van der Waals surface area contributed by atoms with Gasteiger partial charge < -0.3 is 14.8 Å². The van der Waals surface area contributed by atoms with E-state index in [1.54, 1.807) is 6.07 Å². The molecule has 12 heteroatoms. The Bertz CT molecular complexity index is 1870. The van der Waals surface area contributed by atoms with Gasteiger partial charge in [0.25, 0.3) is 0 Å². The molecule has 216 valence electrons. The van der Waals surface area contributed by atoms with E-state index in [0.29, 0.717) is 16.4 Å². The summed E-state index contributed by atoms with van der Waals surface area (Å²) in [5.41, 5.74) is 3.96.